The third-order valence-electron chi connectivity index (χ3n) is 6.10. The van der Waals surface area contributed by atoms with E-state index in [0.717, 1.165) is 44.5 Å². The van der Waals surface area contributed by atoms with Gasteiger partial charge in [-0.15, -0.1) is 0 Å². The molecule has 1 aliphatic carbocycles. The summed E-state index contributed by atoms with van der Waals surface area (Å²) in [6.07, 6.45) is 7.59. The van der Waals surface area contributed by atoms with E-state index < -0.39 is 0 Å². The molecule has 2 aliphatic rings. The molecular formula is C20H25N7O2. The Balaban J connectivity index is 1.29. The number of hydrogen-bond donors (Lipinski definition) is 0. The van der Waals surface area contributed by atoms with Crippen molar-refractivity contribution in [3.8, 4) is 0 Å². The molecule has 3 aromatic heterocycles. The lowest BCUT2D eigenvalue weighted by Crippen LogP contribution is -2.39. The zero-order chi connectivity index (χ0) is 20.1. The maximum Gasteiger partial charge on any atom is 0.265 e. The first kappa shape index (κ1) is 18.1. The lowest BCUT2D eigenvalue weighted by molar-refractivity contribution is 0.347. The summed E-state index contributed by atoms with van der Waals surface area (Å²) in [5.74, 6) is 1.57. The van der Waals surface area contributed by atoms with E-state index in [9.17, 15) is 9.59 Å². The number of fused-ring (bicyclic) bond motifs is 1. The zero-order valence-corrected chi connectivity index (χ0v) is 16.8. The fourth-order valence-electron chi connectivity index (χ4n) is 4.21. The largest absolute Gasteiger partial charge is 0.342 e. The molecule has 0 unspecified atom stereocenters. The van der Waals surface area contributed by atoms with Crippen LogP contribution < -0.4 is 16.0 Å². The molecule has 3 aromatic rings. The van der Waals surface area contributed by atoms with E-state index in [2.05, 4.69) is 20.0 Å². The van der Waals surface area contributed by atoms with Gasteiger partial charge in [0.25, 0.3) is 11.1 Å². The van der Waals surface area contributed by atoms with Crippen molar-refractivity contribution in [1.82, 2.24) is 28.9 Å². The molecule has 0 N–H and O–H groups in total. The fourth-order valence-corrected chi connectivity index (χ4v) is 4.21. The Hall–Kier alpha value is -2.97. The van der Waals surface area contributed by atoms with Crippen LogP contribution in [0.2, 0.25) is 0 Å². The van der Waals surface area contributed by atoms with Crippen molar-refractivity contribution in [2.24, 2.45) is 20.0 Å². The average molecular weight is 395 g/mol. The Kier molecular flexibility index (Phi) is 4.25. The Labute approximate surface area is 167 Å². The minimum atomic E-state index is -0.0754. The van der Waals surface area contributed by atoms with Crippen LogP contribution in [0.5, 0.6) is 0 Å². The van der Waals surface area contributed by atoms with Gasteiger partial charge in [-0.25, -0.2) is 4.98 Å². The van der Waals surface area contributed by atoms with Gasteiger partial charge in [0.1, 0.15) is 5.39 Å². The first-order valence-corrected chi connectivity index (χ1v) is 10.2. The van der Waals surface area contributed by atoms with E-state index in [1.165, 1.54) is 0 Å². The highest BCUT2D eigenvalue weighted by Gasteiger charge is 2.26. The van der Waals surface area contributed by atoms with E-state index >= 15 is 0 Å². The molecule has 0 atom stereocenters. The number of aromatic nitrogens is 6. The van der Waals surface area contributed by atoms with Gasteiger partial charge >= 0.3 is 0 Å². The van der Waals surface area contributed by atoms with Gasteiger partial charge in [-0.1, -0.05) is 0 Å². The molecule has 9 heteroatoms. The van der Waals surface area contributed by atoms with Crippen molar-refractivity contribution in [3.63, 3.8) is 0 Å². The molecule has 1 saturated heterocycles. The normalized spacial score (nSPS) is 17.9. The predicted octanol–water partition coefficient (Wildman–Crippen LogP) is 1.02. The minimum absolute atomic E-state index is 0.0500. The van der Waals surface area contributed by atoms with Gasteiger partial charge in [0.05, 0.1) is 12.0 Å². The monoisotopic (exact) mass is 395 g/mol. The third-order valence-corrected chi connectivity index (χ3v) is 6.10. The lowest BCUT2D eigenvalue weighted by atomic mass is 9.97. The molecule has 152 valence electrons. The van der Waals surface area contributed by atoms with Gasteiger partial charge in [0.2, 0.25) is 5.95 Å². The Morgan fingerprint density at radius 1 is 1.10 bits per heavy atom. The zero-order valence-electron chi connectivity index (χ0n) is 16.8. The van der Waals surface area contributed by atoms with Crippen LogP contribution in [0.4, 0.5) is 5.95 Å². The summed E-state index contributed by atoms with van der Waals surface area (Å²) < 4.78 is 4.96. The fraction of sp³-hybridized carbons (Fsp3) is 0.550. The second kappa shape index (κ2) is 6.82. The van der Waals surface area contributed by atoms with Gasteiger partial charge in [0.15, 0.2) is 5.65 Å². The highest BCUT2D eigenvalue weighted by molar-refractivity contribution is 5.74. The van der Waals surface area contributed by atoms with Crippen molar-refractivity contribution < 1.29 is 0 Å². The van der Waals surface area contributed by atoms with Crippen molar-refractivity contribution in [2.75, 3.05) is 18.0 Å². The molecule has 1 saturated carbocycles. The Bertz CT molecular complexity index is 1180. The summed E-state index contributed by atoms with van der Waals surface area (Å²) in [5, 5.41) is 4.83. The second-order valence-electron chi connectivity index (χ2n) is 8.33. The van der Waals surface area contributed by atoms with Crippen molar-refractivity contribution >= 4 is 17.0 Å². The average Bonchev–Trinajstić information content (AvgIpc) is 3.49. The molecule has 0 spiro atoms. The number of aryl methyl sites for hydroxylation is 1. The Morgan fingerprint density at radius 2 is 1.86 bits per heavy atom. The van der Waals surface area contributed by atoms with Crippen molar-refractivity contribution in [2.45, 2.75) is 38.1 Å². The van der Waals surface area contributed by atoms with Crippen LogP contribution in [0.3, 0.4) is 0 Å². The summed E-state index contributed by atoms with van der Waals surface area (Å²) in [7, 11) is 3.55. The highest BCUT2D eigenvalue weighted by Crippen LogP contribution is 2.38. The molecule has 0 aromatic carbocycles. The minimum Gasteiger partial charge on any atom is -0.342 e. The van der Waals surface area contributed by atoms with Crippen molar-refractivity contribution in [3.05, 3.63) is 45.0 Å². The maximum atomic E-state index is 12.6. The van der Waals surface area contributed by atoms with E-state index in [-0.39, 0.29) is 11.1 Å². The SMILES string of the molecule is Cn1cc2c(=O)n(C)c(N3CCC(Cn4cnc(C5CC5)cc4=O)CC3)nc2n1. The number of hydrogen-bond acceptors (Lipinski definition) is 6. The molecular weight excluding hydrogens is 370 g/mol. The van der Waals surface area contributed by atoms with Crippen LogP contribution in [-0.2, 0) is 20.6 Å². The second-order valence-corrected chi connectivity index (χ2v) is 8.33. The van der Waals surface area contributed by atoms with Crippen LogP contribution in [0.1, 0.15) is 37.3 Å². The molecule has 0 bridgehead atoms. The van der Waals surface area contributed by atoms with E-state index in [0.29, 0.717) is 35.4 Å². The molecule has 9 nitrogen and oxygen atoms in total. The van der Waals surface area contributed by atoms with E-state index in [4.69, 9.17) is 0 Å². The number of piperidine rings is 1. The van der Waals surface area contributed by atoms with Gasteiger partial charge < -0.3 is 4.90 Å². The van der Waals surface area contributed by atoms with E-state index in [1.54, 1.807) is 46.5 Å². The van der Waals surface area contributed by atoms with Gasteiger partial charge in [0, 0.05) is 51.9 Å². The van der Waals surface area contributed by atoms with Crippen molar-refractivity contribution in [1.29, 1.82) is 0 Å². The molecule has 0 radical (unpaired) electrons. The maximum absolute atomic E-state index is 12.6. The quantitative estimate of drug-likeness (QED) is 0.655. The number of rotatable bonds is 4. The van der Waals surface area contributed by atoms with Gasteiger partial charge in [-0.3, -0.25) is 23.4 Å². The standard InChI is InChI=1S/C20H25N7O2/c1-24-11-15-18(23-24)22-20(25(2)19(15)29)26-7-5-13(6-8-26)10-27-12-21-16(9-17(27)28)14-3-4-14/h9,11-14H,3-8,10H2,1-2H3. The number of anilines is 1. The van der Waals surface area contributed by atoms with Crippen LogP contribution in [0.15, 0.2) is 28.2 Å². The summed E-state index contributed by atoms with van der Waals surface area (Å²) in [6, 6.07) is 1.70. The smallest absolute Gasteiger partial charge is 0.265 e. The van der Waals surface area contributed by atoms with E-state index in [1.807, 2.05) is 0 Å². The molecule has 29 heavy (non-hydrogen) atoms. The summed E-state index contributed by atoms with van der Waals surface area (Å²) >= 11 is 0. The summed E-state index contributed by atoms with van der Waals surface area (Å²) in [4.78, 5) is 36.3. The van der Waals surface area contributed by atoms with Gasteiger partial charge in [-0.2, -0.15) is 10.1 Å². The summed E-state index contributed by atoms with van der Waals surface area (Å²) in [5.41, 5.74) is 1.40. The molecule has 2 fully saturated rings. The first-order valence-electron chi connectivity index (χ1n) is 10.2. The topological polar surface area (TPSA) is 90.8 Å². The summed E-state index contributed by atoms with van der Waals surface area (Å²) in [6.45, 7) is 2.29. The Morgan fingerprint density at radius 3 is 2.55 bits per heavy atom. The molecule has 1 aliphatic heterocycles. The van der Waals surface area contributed by atoms with Crippen LogP contribution in [-0.4, -0.2) is 42.0 Å². The third kappa shape index (κ3) is 3.34. The molecule has 5 rings (SSSR count). The van der Waals surface area contributed by atoms with Crippen LogP contribution >= 0.6 is 0 Å². The van der Waals surface area contributed by atoms with Crippen LogP contribution in [0.25, 0.3) is 11.0 Å². The molecule has 0 amide bonds. The van der Waals surface area contributed by atoms with Crippen LogP contribution in [0, 0.1) is 5.92 Å². The first-order chi connectivity index (χ1) is 14.0. The lowest BCUT2D eigenvalue weighted by Gasteiger charge is -2.33. The predicted molar refractivity (Wildman–Crippen MR) is 109 cm³/mol. The molecule has 4 heterocycles. The number of nitrogens with zero attached hydrogens (tertiary/aromatic N) is 7. The highest BCUT2D eigenvalue weighted by atomic mass is 16.1. The van der Waals surface area contributed by atoms with Gasteiger partial charge in [-0.05, 0) is 31.6 Å².